The van der Waals surface area contributed by atoms with Gasteiger partial charge in [0.05, 0.1) is 12.7 Å². The van der Waals surface area contributed by atoms with E-state index in [0.717, 1.165) is 0 Å². The molecule has 1 aliphatic heterocycles. The van der Waals surface area contributed by atoms with Gasteiger partial charge in [-0.25, -0.2) is 4.79 Å². The first kappa shape index (κ1) is 14.5. The van der Waals surface area contributed by atoms with E-state index in [2.05, 4.69) is 4.98 Å². The molecule has 0 aliphatic carbocycles. The highest BCUT2D eigenvalue weighted by molar-refractivity contribution is 5.38. The number of nitrogens with zero attached hydrogens (tertiary/aromatic N) is 2. The van der Waals surface area contributed by atoms with Gasteiger partial charge in [0.25, 0.3) is 0 Å². The third kappa shape index (κ3) is 2.82. The number of aliphatic hydroxyl groups excluding tert-OH is 2. The van der Waals surface area contributed by atoms with Crippen molar-refractivity contribution in [3.8, 4) is 0 Å². The SMILES string of the molecule is NC=CCc1cn([C@H]2C[C@H](O)[C@@H](CO)O2)c(=O)nc1N. The molecule has 1 aliphatic rings. The van der Waals surface area contributed by atoms with Gasteiger partial charge in [-0.15, -0.1) is 0 Å². The number of nitrogens with two attached hydrogens (primary N) is 2. The Morgan fingerprint density at radius 1 is 1.60 bits per heavy atom. The monoisotopic (exact) mass is 282 g/mol. The van der Waals surface area contributed by atoms with Crippen LogP contribution in [0, 0.1) is 0 Å². The Kier molecular flexibility index (Phi) is 4.38. The summed E-state index contributed by atoms with van der Waals surface area (Å²) in [5, 5.41) is 18.8. The second-order valence-electron chi connectivity index (χ2n) is 4.59. The van der Waals surface area contributed by atoms with E-state index in [1.807, 2.05) is 0 Å². The average Bonchev–Trinajstić information content (AvgIpc) is 2.79. The Balaban J connectivity index is 2.30. The molecule has 1 aromatic rings. The zero-order chi connectivity index (χ0) is 14.7. The summed E-state index contributed by atoms with van der Waals surface area (Å²) in [7, 11) is 0. The minimum Gasteiger partial charge on any atom is -0.405 e. The number of allylic oxidation sites excluding steroid dienone is 1. The molecule has 0 radical (unpaired) electrons. The van der Waals surface area contributed by atoms with Crippen molar-refractivity contribution in [1.29, 1.82) is 0 Å². The molecule has 0 saturated carbocycles. The highest BCUT2D eigenvalue weighted by atomic mass is 16.5. The molecule has 0 bridgehead atoms. The van der Waals surface area contributed by atoms with Gasteiger partial charge in [0.2, 0.25) is 0 Å². The van der Waals surface area contributed by atoms with Crippen molar-refractivity contribution in [2.75, 3.05) is 12.3 Å². The Morgan fingerprint density at radius 3 is 2.95 bits per heavy atom. The minimum atomic E-state index is -0.818. The van der Waals surface area contributed by atoms with E-state index >= 15 is 0 Å². The lowest BCUT2D eigenvalue weighted by Crippen LogP contribution is -2.29. The third-order valence-corrected chi connectivity index (χ3v) is 3.23. The van der Waals surface area contributed by atoms with Crippen molar-refractivity contribution in [3.05, 3.63) is 34.5 Å². The Labute approximate surface area is 115 Å². The van der Waals surface area contributed by atoms with Gasteiger partial charge in [0.15, 0.2) is 0 Å². The molecule has 20 heavy (non-hydrogen) atoms. The summed E-state index contributed by atoms with van der Waals surface area (Å²) in [5.41, 5.74) is 11.0. The molecule has 1 aromatic heterocycles. The molecule has 2 heterocycles. The molecular weight excluding hydrogens is 264 g/mol. The predicted octanol–water partition coefficient (Wildman–Crippen LogP) is -1.52. The molecule has 1 fully saturated rings. The average molecular weight is 282 g/mol. The van der Waals surface area contributed by atoms with Crippen LogP contribution in [0.5, 0.6) is 0 Å². The predicted molar refractivity (Wildman–Crippen MR) is 71.6 cm³/mol. The topological polar surface area (TPSA) is 137 Å². The van der Waals surface area contributed by atoms with Crippen LogP contribution in [-0.4, -0.2) is 38.6 Å². The normalized spacial score (nSPS) is 26.4. The van der Waals surface area contributed by atoms with Crippen molar-refractivity contribution < 1.29 is 14.9 Å². The molecule has 8 nitrogen and oxygen atoms in total. The summed E-state index contributed by atoms with van der Waals surface area (Å²) in [6.07, 6.45) is 3.08. The van der Waals surface area contributed by atoms with Gasteiger partial charge in [0.1, 0.15) is 18.1 Å². The van der Waals surface area contributed by atoms with Crippen molar-refractivity contribution in [2.45, 2.75) is 31.3 Å². The minimum absolute atomic E-state index is 0.140. The molecule has 0 aromatic carbocycles. The summed E-state index contributed by atoms with van der Waals surface area (Å²) in [5.74, 6) is 0.140. The fraction of sp³-hybridized carbons (Fsp3) is 0.500. The standard InChI is InChI=1S/C12H18N4O4/c13-3-1-2-7-5-16(12(19)15-11(7)14)10-4-8(18)9(6-17)20-10/h1,3,5,8-10,17-18H,2,4,6,13H2,(H2,14,15,19)/t8-,9+,10+/m0/s1. The van der Waals surface area contributed by atoms with Crippen LogP contribution in [0.3, 0.4) is 0 Å². The Morgan fingerprint density at radius 2 is 2.35 bits per heavy atom. The van der Waals surface area contributed by atoms with Crippen LogP contribution in [-0.2, 0) is 11.2 Å². The van der Waals surface area contributed by atoms with E-state index in [1.54, 1.807) is 12.3 Å². The molecule has 0 spiro atoms. The zero-order valence-electron chi connectivity index (χ0n) is 10.8. The first-order chi connectivity index (χ1) is 9.56. The largest absolute Gasteiger partial charge is 0.405 e. The number of ether oxygens (including phenoxy) is 1. The fourth-order valence-corrected chi connectivity index (χ4v) is 2.13. The zero-order valence-corrected chi connectivity index (χ0v) is 10.8. The summed E-state index contributed by atoms with van der Waals surface area (Å²) in [4.78, 5) is 15.6. The smallest absolute Gasteiger partial charge is 0.351 e. The van der Waals surface area contributed by atoms with E-state index in [0.29, 0.717) is 12.0 Å². The van der Waals surface area contributed by atoms with Crippen LogP contribution in [0.15, 0.2) is 23.3 Å². The van der Waals surface area contributed by atoms with Crippen LogP contribution in [0.25, 0.3) is 0 Å². The van der Waals surface area contributed by atoms with Gasteiger partial charge < -0.3 is 26.4 Å². The van der Waals surface area contributed by atoms with Crippen LogP contribution in [0.2, 0.25) is 0 Å². The van der Waals surface area contributed by atoms with Crippen LogP contribution in [0.4, 0.5) is 5.82 Å². The van der Waals surface area contributed by atoms with Gasteiger partial charge in [0, 0.05) is 18.2 Å². The van der Waals surface area contributed by atoms with Gasteiger partial charge in [-0.05, 0) is 12.6 Å². The molecule has 3 atom stereocenters. The molecule has 8 heteroatoms. The quantitative estimate of drug-likeness (QED) is 0.526. The van der Waals surface area contributed by atoms with Crippen molar-refractivity contribution >= 4 is 5.82 Å². The number of anilines is 1. The Bertz CT molecular complexity index is 557. The summed E-state index contributed by atoms with van der Waals surface area (Å²) in [6.45, 7) is -0.308. The molecule has 1 saturated heterocycles. The number of hydrogen-bond acceptors (Lipinski definition) is 7. The molecule has 0 amide bonds. The van der Waals surface area contributed by atoms with Crippen LogP contribution >= 0.6 is 0 Å². The lowest BCUT2D eigenvalue weighted by Gasteiger charge is -2.15. The van der Waals surface area contributed by atoms with Gasteiger partial charge in [-0.3, -0.25) is 4.57 Å². The van der Waals surface area contributed by atoms with E-state index in [-0.39, 0.29) is 18.8 Å². The molecule has 2 rings (SSSR count). The highest BCUT2D eigenvalue weighted by Crippen LogP contribution is 2.27. The molecule has 110 valence electrons. The highest BCUT2D eigenvalue weighted by Gasteiger charge is 2.35. The van der Waals surface area contributed by atoms with Gasteiger partial charge >= 0.3 is 5.69 Å². The second kappa shape index (κ2) is 6.04. The van der Waals surface area contributed by atoms with E-state index < -0.39 is 24.1 Å². The molecule has 6 N–H and O–H groups in total. The third-order valence-electron chi connectivity index (χ3n) is 3.23. The van der Waals surface area contributed by atoms with Crippen LogP contribution in [0.1, 0.15) is 18.2 Å². The lowest BCUT2D eigenvalue weighted by atomic mass is 10.2. The van der Waals surface area contributed by atoms with E-state index in [9.17, 15) is 9.90 Å². The van der Waals surface area contributed by atoms with Gasteiger partial charge in [-0.2, -0.15) is 4.98 Å². The molecule has 0 unspecified atom stereocenters. The van der Waals surface area contributed by atoms with Crippen molar-refractivity contribution in [1.82, 2.24) is 9.55 Å². The van der Waals surface area contributed by atoms with E-state index in [4.69, 9.17) is 21.3 Å². The van der Waals surface area contributed by atoms with Gasteiger partial charge in [-0.1, -0.05) is 6.08 Å². The van der Waals surface area contributed by atoms with Crippen LogP contribution < -0.4 is 17.2 Å². The maximum Gasteiger partial charge on any atom is 0.351 e. The second-order valence-corrected chi connectivity index (χ2v) is 4.59. The first-order valence-corrected chi connectivity index (χ1v) is 6.25. The summed E-state index contributed by atoms with van der Waals surface area (Å²) >= 11 is 0. The first-order valence-electron chi connectivity index (χ1n) is 6.25. The number of nitrogen functional groups attached to an aromatic ring is 1. The summed E-state index contributed by atoms with van der Waals surface area (Å²) in [6, 6.07) is 0. The number of rotatable bonds is 4. The maximum atomic E-state index is 11.9. The Hall–Kier alpha value is -1.90. The fourth-order valence-electron chi connectivity index (χ4n) is 2.13. The van der Waals surface area contributed by atoms with E-state index in [1.165, 1.54) is 10.8 Å². The molecular formula is C12H18N4O4. The number of hydrogen-bond donors (Lipinski definition) is 4. The van der Waals surface area contributed by atoms with Crippen molar-refractivity contribution in [2.24, 2.45) is 5.73 Å². The number of aromatic nitrogens is 2. The van der Waals surface area contributed by atoms with Crippen molar-refractivity contribution in [3.63, 3.8) is 0 Å². The summed E-state index contributed by atoms with van der Waals surface area (Å²) < 4.78 is 6.70. The maximum absolute atomic E-state index is 11.9. The number of aliphatic hydroxyl groups is 2. The lowest BCUT2D eigenvalue weighted by molar-refractivity contribution is -0.0459.